The summed E-state index contributed by atoms with van der Waals surface area (Å²) >= 11 is 6.19. The van der Waals surface area contributed by atoms with Gasteiger partial charge in [0.15, 0.2) is 17.6 Å². The van der Waals surface area contributed by atoms with Gasteiger partial charge in [0.25, 0.3) is 5.91 Å². The summed E-state index contributed by atoms with van der Waals surface area (Å²) in [7, 11) is 1.52. The Morgan fingerprint density at radius 2 is 1.87 bits per heavy atom. The summed E-state index contributed by atoms with van der Waals surface area (Å²) in [6.07, 6.45) is 9.53. The van der Waals surface area contributed by atoms with Gasteiger partial charge in [-0.15, -0.1) is 12.8 Å². The van der Waals surface area contributed by atoms with E-state index < -0.39 is 6.10 Å². The Morgan fingerprint density at radius 1 is 1.10 bits per heavy atom. The highest BCUT2D eigenvalue weighted by atomic mass is 35.5. The lowest BCUT2D eigenvalue weighted by molar-refractivity contribution is -0.132. The van der Waals surface area contributed by atoms with Crippen LogP contribution in [-0.2, 0) is 9.53 Å². The zero-order chi connectivity index (χ0) is 21.8. The topological polar surface area (TPSA) is 66.0 Å². The van der Waals surface area contributed by atoms with Crippen molar-refractivity contribution in [2.24, 2.45) is 0 Å². The van der Waals surface area contributed by atoms with Gasteiger partial charge < -0.3 is 24.3 Å². The monoisotopic (exact) mass is 427 g/mol. The van der Waals surface area contributed by atoms with Crippen molar-refractivity contribution in [3.8, 4) is 41.9 Å². The maximum atomic E-state index is 12.6. The third kappa shape index (κ3) is 6.63. The van der Waals surface area contributed by atoms with Gasteiger partial charge in [-0.1, -0.05) is 41.6 Å². The number of halogens is 1. The van der Waals surface area contributed by atoms with Gasteiger partial charge in [0, 0.05) is 16.7 Å². The maximum absolute atomic E-state index is 12.6. The number of amides is 1. The molecule has 156 valence electrons. The molecule has 1 N–H and O–H groups in total. The number of benzene rings is 2. The SMILES string of the molecule is C#CCOc1ccc(OCCNC(=O)C(OCC#C)c2ccccc2Cl)cc1OC. The van der Waals surface area contributed by atoms with Gasteiger partial charge in [-0.2, -0.15) is 0 Å². The molecule has 30 heavy (non-hydrogen) atoms. The number of terminal acetylenes is 2. The second-order valence-corrected chi connectivity index (χ2v) is 6.27. The number of carbonyl (C=O) groups excluding carboxylic acids is 1. The molecule has 0 aliphatic rings. The highest BCUT2D eigenvalue weighted by molar-refractivity contribution is 6.31. The van der Waals surface area contributed by atoms with Crippen molar-refractivity contribution in [3.05, 3.63) is 53.1 Å². The van der Waals surface area contributed by atoms with E-state index in [0.29, 0.717) is 27.8 Å². The highest BCUT2D eigenvalue weighted by Crippen LogP contribution is 2.31. The Balaban J connectivity index is 1.92. The van der Waals surface area contributed by atoms with Crippen molar-refractivity contribution in [1.29, 1.82) is 0 Å². The Bertz CT molecular complexity index is 932. The summed E-state index contributed by atoms with van der Waals surface area (Å²) in [5.74, 6) is 5.95. The van der Waals surface area contributed by atoms with Crippen LogP contribution in [0.4, 0.5) is 0 Å². The highest BCUT2D eigenvalue weighted by Gasteiger charge is 2.23. The Hall–Kier alpha value is -3.32. The van der Waals surface area contributed by atoms with Crippen LogP contribution in [0.1, 0.15) is 11.7 Å². The zero-order valence-corrected chi connectivity index (χ0v) is 17.3. The Kier molecular flexibility index (Phi) is 9.40. The molecule has 2 aromatic carbocycles. The molecule has 0 aliphatic carbocycles. The van der Waals surface area contributed by atoms with Gasteiger partial charge >= 0.3 is 0 Å². The molecule has 0 heterocycles. The minimum atomic E-state index is -0.914. The Morgan fingerprint density at radius 3 is 2.57 bits per heavy atom. The smallest absolute Gasteiger partial charge is 0.253 e. The minimum absolute atomic E-state index is 0.0201. The number of carbonyl (C=O) groups is 1. The molecule has 1 atom stereocenters. The Labute approximate surface area is 181 Å². The third-order valence-corrected chi connectivity index (χ3v) is 4.22. The van der Waals surface area contributed by atoms with Crippen LogP contribution in [-0.4, -0.2) is 39.4 Å². The summed E-state index contributed by atoms with van der Waals surface area (Å²) in [6, 6.07) is 12.0. The molecule has 6 nitrogen and oxygen atoms in total. The molecule has 0 bridgehead atoms. The first kappa shape index (κ1) is 23.0. The van der Waals surface area contributed by atoms with Crippen molar-refractivity contribution in [3.63, 3.8) is 0 Å². The van der Waals surface area contributed by atoms with Gasteiger partial charge in [-0.25, -0.2) is 0 Å². The molecular formula is C23H22ClNO5. The van der Waals surface area contributed by atoms with Crippen molar-refractivity contribution in [2.45, 2.75) is 6.10 Å². The molecule has 0 fully saturated rings. The average molecular weight is 428 g/mol. The van der Waals surface area contributed by atoms with Crippen LogP contribution in [0.15, 0.2) is 42.5 Å². The maximum Gasteiger partial charge on any atom is 0.253 e. The van der Waals surface area contributed by atoms with Crippen LogP contribution < -0.4 is 19.5 Å². The van der Waals surface area contributed by atoms with Crippen molar-refractivity contribution >= 4 is 17.5 Å². The second-order valence-electron chi connectivity index (χ2n) is 5.86. The van der Waals surface area contributed by atoms with Crippen molar-refractivity contribution in [1.82, 2.24) is 5.32 Å². The first-order chi connectivity index (χ1) is 14.6. The molecule has 0 saturated heterocycles. The van der Waals surface area contributed by atoms with Gasteiger partial charge in [-0.3, -0.25) is 4.79 Å². The van der Waals surface area contributed by atoms with Gasteiger partial charge in [0.1, 0.15) is 25.6 Å². The van der Waals surface area contributed by atoms with Gasteiger partial charge in [0.05, 0.1) is 13.7 Å². The molecule has 0 saturated carbocycles. The first-order valence-corrected chi connectivity index (χ1v) is 9.42. The van der Waals surface area contributed by atoms with Gasteiger partial charge in [0.2, 0.25) is 0 Å². The van der Waals surface area contributed by atoms with E-state index in [-0.39, 0.29) is 32.3 Å². The van der Waals surface area contributed by atoms with Crippen molar-refractivity contribution < 1.29 is 23.7 Å². The van der Waals surface area contributed by atoms with Crippen LogP contribution in [0, 0.1) is 24.7 Å². The fraction of sp³-hybridized carbons (Fsp3) is 0.261. The van der Waals surface area contributed by atoms with Crippen LogP contribution >= 0.6 is 11.6 Å². The number of methoxy groups -OCH3 is 1. The van der Waals surface area contributed by atoms with E-state index >= 15 is 0 Å². The fourth-order valence-corrected chi connectivity index (χ4v) is 2.77. The molecule has 0 spiro atoms. The number of hydrogen-bond donors (Lipinski definition) is 1. The van der Waals surface area contributed by atoms with E-state index in [1.165, 1.54) is 7.11 Å². The number of rotatable bonds is 11. The molecule has 0 aromatic heterocycles. The summed E-state index contributed by atoms with van der Waals surface area (Å²) < 4.78 is 21.8. The molecule has 0 radical (unpaired) electrons. The largest absolute Gasteiger partial charge is 0.493 e. The summed E-state index contributed by atoms with van der Waals surface area (Å²) in [5.41, 5.74) is 0.542. The molecular weight excluding hydrogens is 406 g/mol. The molecule has 0 aliphatic heterocycles. The first-order valence-electron chi connectivity index (χ1n) is 9.05. The molecule has 1 unspecified atom stereocenters. The third-order valence-electron chi connectivity index (χ3n) is 3.88. The molecule has 2 aromatic rings. The number of hydrogen-bond acceptors (Lipinski definition) is 5. The predicted molar refractivity (Wildman–Crippen MR) is 115 cm³/mol. The zero-order valence-electron chi connectivity index (χ0n) is 16.5. The number of ether oxygens (including phenoxy) is 4. The summed E-state index contributed by atoms with van der Waals surface area (Å²) in [4.78, 5) is 12.6. The second kappa shape index (κ2) is 12.3. The van der Waals surface area contributed by atoms with Crippen LogP contribution in [0.2, 0.25) is 5.02 Å². The predicted octanol–water partition coefficient (Wildman–Crippen LogP) is 3.25. The van der Waals surface area contributed by atoms with E-state index in [1.54, 1.807) is 42.5 Å². The molecule has 1 amide bonds. The average Bonchev–Trinajstić information content (AvgIpc) is 2.76. The normalized spacial score (nSPS) is 10.9. The van der Waals surface area contributed by atoms with E-state index in [4.69, 9.17) is 43.4 Å². The molecule has 2 rings (SSSR count). The van der Waals surface area contributed by atoms with Crippen LogP contribution in [0.3, 0.4) is 0 Å². The van der Waals surface area contributed by atoms with E-state index in [1.807, 2.05) is 0 Å². The van der Waals surface area contributed by atoms with E-state index in [2.05, 4.69) is 17.2 Å². The quantitative estimate of drug-likeness (QED) is 0.440. The summed E-state index contributed by atoms with van der Waals surface area (Å²) in [6.45, 7) is 0.589. The molecule has 7 heteroatoms. The van der Waals surface area contributed by atoms with E-state index in [9.17, 15) is 4.79 Å². The number of nitrogens with one attached hydrogen (secondary N) is 1. The van der Waals surface area contributed by atoms with Crippen LogP contribution in [0.25, 0.3) is 0 Å². The lowest BCUT2D eigenvalue weighted by Gasteiger charge is -2.18. The minimum Gasteiger partial charge on any atom is -0.493 e. The van der Waals surface area contributed by atoms with E-state index in [0.717, 1.165) is 0 Å². The fourth-order valence-electron chi connectivity index (χ4n) is 2.54. The van der Waals surface area contributed by atoms with Crippen molar-refractivity contribution in [2.75, 3.05) is 33.5 Å². The van der Waals surface area contributed by atoms with Crippen LogP contribution in [0.5, 0.6) is 17.2 Å². The lowest BCUT2D eigenvalue weighted by Crippen LogP contribution is -2.34. The van der Waals surface area contributed by atoms with Gasteiger partial charge in [-0.05, 0) is 18.2 Å². The lowest BCUT2D eigenvalue weighted by atomic mass is 10.1. The summed E-state index contributed by atoms with van der Waals surface area (Å²) in [5, 5.41) is 3.18. The standard InChI is InChI=1S/C23H22ClNO5/c1-4-13-29-20-11-10-17(16-21(20)27-3)28-15-12-25-23(26)22(30-14-5-2)18-8-6-7-9-19(18)24/h1-2,6-11,16,22H,12-15H2,3H3,(H,25,26).